The van der Waals surface area contributed by atoms with E-state index in [0.717, 1.165) is 0 Å². The number of alkyl carbamates (subject to hydrolysis) is 1. The third-order valence-electron chi connectivity index (χ3n) is 4.04. The number of phosphoric ester groups is 2. The summed E-state index contributed by atoms with van der Waals surface area (Å²) >= 11 is 0. The molecule has 18 heteroatoms. The number of aliphatic hydroxyl groups is 1. The third kappa shape index (κ3) is 11.0. The van der Waals surface area contributed by atoms with Gasteiger partial charge in [-0.25, -0.2) is 13.4 Å². The Balaban J connectivity index is 1.70. The van der Waals surface area contributed by atoms with Crippen LogP contribution in [0.2, 0.25) is 0 Å². The van der Waals surface area contributed by atoms with Gasteiger partial charge in [0, 0.05) is 13.0 Å². The lowest BCUT2D eigenvalue weighted by molar-refractivity contribution is -0.251. The number of rotatable bonds is 13. The normalized spacial score (nSPS) is 25.6. The highest BCUT2D eigenvalue weighted by Crippen LogP contribution is 2.62. The van der Waals surface area contributed by atoms with Crippen LogP contribution in [0.25, 0.3) is 0 Å². The van der Waals surface area contributed by atoms with Crippen LogP contribution < -0.4 is 20.0 Å². The van der Waals surface area contributed by atoms with E-state index in [2.05, 4.69) is 23.0 Å². The largest absolute Gasteiger partial charge is 0.756 e. The average Bonchev–Trinajstić information content (AvgIpc) is 3.04. The Kier molecular flexibility index (Phi) is 10.8. The van der Waals surface area contributed by atoms with Crippen LogP contribution in [-0.2, 0) is 47.4 Å². The molecule has 1 saturated heterocycles. The van der Waals surface area contributed by atoms with Crippen LogP contribution in [0.3, 0.4) is 0 Å². The number of ether oxygens (including phenoxy) is 2. The number of phosphoric acid groups is 3. The Bertz CT molecular complexity index is 946. The third-order valence-corrected chi connectivity index (χ3v) is 8.20. The summed E-state index contributed by atoms with van der Waals surface area (Å²) in [6.07, 6.45) is -3.19. The van der Waals surface area contributed by atoms with Crippen molar-refractivity contribution in [2.24, 2.45) is 0 Å². The smallest absolute Gasteiger partial charge is 0.407 e. The zero-order valence-electron chi connectivity index (χ0n) is 17.8. The fraction of sp³-hybridized carbons (Fsp3) is 0.562. The van der Waals surface area contributed by atoms with Gasteiger partial charge in [0.25, 0.3) is 23.5 Å². The molecular formula is C16H23NO14P3-3. The summed E-state index contributed by atoms with van der Waals surface area (Å²) in [4.78, 5) is 46.5. The molecule has 1 fully saturated rings. The van der Waals surface area contributed by atoms with Crippen molar-refractivity contribution in [1.29, 1.82) is 0 Å². The highest BCUT2D eigenvalue weighted by Gasteiger charge is 2.33. The Labute approximate surface area is 194 Å². The lowest BCUT2D eigenvalue weighted by Gasteiger charge is -2.34. The molecule has 0 aromatic heterocycles. The predicted octanol–water partition coefficient (Wildman–Crippen LogP) is -0.0773. The van der Waals surface area contributed by atoms with Gasteiger partial charge in [0.2, 0.25) is 0 Å². The number of carbonyl (C=O) groups is 1. The van der Waals surface area contributed by atoms with E-state index in [1.54, 1.807) is 37.3 Å². The number of hydrogen-bond acceptors (Lipinski definition) is 14. The minimum Gasteiger partial charge on any atom is -0.756 e. The minimum atomic E-state index is -6.00. The van der Waals surface area contributed by atoms with Crippen molar-refractivity contribution >= 4 is 29.6 Å². The van der Waals surface area contributed by atoms with Gasteiger partial charge in [-0.05, 0) is 12.5 Å². The summed E-state index contributed by atoms with van der Waals surface area (Å²) in [5.41, 5.74) is 0.707. The molecular weight excluding hydrogens is 523 g/mol. The van der Waals surface area contributed by atoms with Crippen molar-refractivity contribution in [1.82, 2.24) is 5.32 Å². The summed E-state index contributed by atoms with van der Waals surface area (Å²) in [6, 6.07) is 8.67. The molecule has 0 spiro atoms. The van der Waals surface area contributed by atoms with Crippen molar-refractivity contribution < 1.29 is 65.4 Å². The van der Waals surface area contributed by atoms with Crippen LogP contribution in [0.5, 0.6) is 0 Å². The molecule has 0 bridgehead atoms. The van der Waals surface area contributed by atoms with Crippen LogP contribution in [-0.4, -0.2) is 49.3 Å². The van der Waals surface area contributed by atoms with Gasteiger partial charge in [-0.2, -0.15) is 0 Å². The number of aliphatic hydroxyl groups excluding tert-OH is 1. The number of carbonyl (C=O) groups excluding carboxylic acids is 1. The summed E-state index contributed by atoms with van der Waals surface area (Å²) in [5, 5.41) is 11.8. The number of nitrogens with one attached hydrogen (secondary N) is 1. The first-order valence-electron chi connectivity index (χ1n) is 9.70. The van der Waals surface area contributed by atoms with E-state index >= 15 is 0 Å². The molecule has 194 valence electrons. The number of hydrogen-bond donors (Lipinski definition) is 2. The van der Waals surface area contributed by atoms with Gasteiger partial charge in [0.1, 0.15) is 12.7 Å². The maximum atomic E-state index is 11.7. The molecule has 1 amide bonds. The summed E-state index contributed by atoms with van der Waals surface area (Å²) < 4.78 is 60.9. The topological polar surface area (TPSA) is 225 Å². The van der Waals surface area contributed by atoms with E-state index in [1.807, 2.05) is 0 Å². The summed E-state index contributed by atoms with van der Waals surface area (Å²) in [7, 11) is -17.2. The molecule has 0 aliphatic carbocycles. The van der Waals surface area contributed by atoms with Crippen molar-refractivity contribution in [2.75, 3.05) is 19.8 Å². The lowest BCUT2D eigenvalue weighted by Crippen LogP contribution is -2.28. The van der Waals surface area contributed by atoms with Crippen molar-refractivity contribution in [3.63, 3.8) is 0 Å². The molecule has 6 atom stereocenters. The first-order valence-corrected chi connectivity index (χ1v) is 14.1. The van der Waals surface area contributed by atoms with Gasteiger partial charge in [-0.15, -0.1) is 0 Å². The summed E-state index contributed by atoms with van der Waals surface area (Å²) in [5.74, 6) is 0. The van der Waals surface area contributed by atoms with E-state index in [4.69, 9.17) is 9.47 Å². The molecule has 1 aliphatic heterocycles. The second-order valence-corrected chi connectivity index (χ2v) is 11.4. The second-order valence-electron chi connectivity index (χ2n) is 6.91. The van der Waals surface area contributed by atoms with Gasteiger partial charge in [-0.1, -0.05) is 30.3 Å². The Hall–Kier alpha value is -1.18. The van der Waals surface area contributed by atoms with Crippen LogP contribution in [0, 0.1) is 0 Å². The molecule has 34 heavy (non-hydrogen) atoms. The Morgan fingerprint density at radius 2 is 1.71 bits per heavy atom. The SMILES string of the molecule is C[C@H]1C[C@@H](O)[C@@H](COP(=O)([O-])OP(=O)([O-])OP(=O)([O-])OCCNC(=O)OCc2ccccc2)O1. The highest BCUT2D eigenvalue weighted by molar-refractivity contribution is 7.65. The van der Waals surface area contributed by atoms with Crippen LogP contribution in [0.4, 0.5) is 4.79 Å². The van der Waals surface area contributed by atoms with E-state index < -0.39 is 61.5 Å². The quantitative estimate of drug-likeness (QED) is 0.244. The molecule has 15 nitrogen and oxygen atoms in total. The molecule has 1 aromatic rings. The fourth-order valence-corrected chi connectivity index (χ4v) is 6.01. The van der Waals surface area contributed by atoms with E-state index in [1.165, 1.54) is 0 Å². The van der Waals surface area contributed by atoms with Crippen molar-refractivity contribution in [3.8, 4) is 0 Å². The van der Waals surface area contributed by atoms with Gasteiger partial charge in [0.15, 0.2) is 0 Å². The van der Waals surface area contributed by atoms with Crippen molar-refractivity contribution in [2.45, 2.75) is 38.3 Å². The van der Waals surface area contributed by atoms with Crippen LogP contribution in [0.1, 0.15) is 18.9 Å². The second kappa shape index (κ2) is 12.7. The average molecular weight is 546 g/mol. The van der Waals surface area contributed by atoms with E-state index in [-0.39, 0.29) is 19.1 Å². The zero-order chi connectivity index (χ0) is 25.4. The molecule has 1 aliphatic rings. The first kappa shape index (κ1) is 29.1. The molecule has 1 aromatic carbocycles. The fourth-order valence-electron chi connectivity index (χ4n) is 2.64. The van der Waals surface area contributed by atoms with Gasteiger partial charge in [0.05, 0.1) is 25.4 Å². The van der Waals surface area contributed by atoms with Gasteiger partial charge < -0.3 is 43.6 Å². The molecule has 1 heterocycles. The molecule has 0 saturated carbocycles. The van der Waals surface area contributed by atoms with Crippen LogP contribution in [0.15, 0.2) is 30.3 Å². The zero-order valence-corrected chi connectivity index (χ0v) is 20.4. The monoisotopic (exact) mass is 546 g/mol. The molecule has 0 radical (unpaired) electrons. The van der Waals surface area contributed by atoms with Crippen molar-refractivity contribution in [3.05, 3.63) is 35.9 Å². The highest BCUT2D eigenvalue weighted by atomic mass is 31.3. The predicted molar refractivity (Wildman–Crippen MR) is 106 cm³/mol. The molecule has 3 unspecified atom stereocenters. The number of amides is 1. The molecule has 2 rings (SSSR count). The van der Waals surface area contributed by atoms with E-state index in [9.17, 15) is 38.3 Å². The van der Waals surface area contributed by atoms with Gasteiger partial charge in [-0.3, -0.25) is 13.7 Å². The molecule has 2 N–H and O–H groups in total. The maximum absolute atomic E-state index is 11.7. The van der Waals surface area contributed by atoms with Crippen LogP contribution >= 0.6 is 23.5 Å². The maximum Gasteiger partial charge on any atom is 0.407 e. The lowest BCUT2D eigenvalue weighted by atomic mass is 10.1. The van der Waals surface area contributed by atoms with E-state index in [0.29, 0.717) is 5.56 Å². The first-order chi connectivity index (χ1) is 15.8. The Morgan fingerprint density at radius 3 is 2.29 bits per heavy atom. The minimum absolute atomic E-state index is 0.0461. The standard InChI is InChI=1S/C16H26NO14P3/c1-12-9-14(18)15(29-12)11-28-33(22,23)31-34(24,25)30-32(20,21)27-8-7-17-16(19)26-10-13-5-3-2-4-6-13/h2-6,12,14-15,18H,7-11H2,1H3,(H,17,19)(H,20,21)(H,22,23)(H,24,25)/p-3/t12-,14+,15+/m0/s1. The van der Waals surface area contributed by atoms with Gasteiger partial charge >= 0.3 is 6.09 Å². The number of benzene rings is 1. The Morgan fingerprint density at radius 1 is 1.09 bits per heavy atom. The summed E-state index contributed by atoms with van der Waals surface area (Å²) in [6.45, 7) is -0.384.